The highest BCUT2D eigenvalue weighted by atomic mass is 79.9. The lowest BCUT2D eigenvalue weighted by Crippen LogP contribution is -2.04. The van der Waals surface area contributed by atoms with E-state index in [-0.39, 0.29) is 5.82 Å². The van der Waals surface area contributed by atoms with Crippen molar-refractivity contribution in [3.8, 4) is 5.69 Å². The number of aromatic nitrogens is 2. The van der Waals surface area contributed by atoms with Gasteiger partial charge in [-0.3, -0.25) is 4.57 Å². The Morgan fingerprint density at radius 3 is 2.67 bits per heavy atom. The van der Waals surface area contributed by atoms with Gasteiger partial charge in [0.05, 0.1) is 10.2 Å². The standard InChI is InChI=1S/C13H14BrFN2S/c1-7(2)12-6-16-13(18)17(12)11-5-9(14)10(15)4-8(11)3/h4-7H,1-3H3,(H,16,18). The summed E-state index contributed by atoms with van der Waals surface area (Å²) in [6.45, 7) is 6.08. The average Bonchev–Trinajstić information content (AvgIpc) is 2.66. The number of aryl methyl sites for hydroxylation is 1. The van der Waals surface area contributed by atoms with E-state index in [4.69, 9.17) is 12.2 Å². The van der Waals surface area contributed by atoms with E-state index in [1.807, 2.05) is 17.7 Å². The predicted molar refractivity (Wildman–Crippen MR) is 77.4 cm³/mol. The Balaban J connectivity index is 2.73. The molecule has 0 saturated heterocycles. The van der Waals surface area contributed by atoms with Crippen molar-refractivity contribution in [2.75, 3.05) is 0 Å². The van der Waals surface area contributed by atoms with Crippen molar-refractivity contribution < 1.29 is 4.39 Å². The van der Waals surface area contributed by atoms with Crippen molar-refractivity contribution in [1.82, 2.24) is 9.55 Å². The third-order valence-corrected chi connectivity index (χ3v) is 3.78. The highest BCUT2D eigenvalue weighted by Crippen LogP contribution is 2.27. The minimum absolute atomic E-state index is 0.260. The van der Waals surface area contributed by atoms with Gasteiger partial charge < -0.3 is 4.98 Å². The number of H-pyrrole nitrogens is 1. The van der Waals surface area contributed by atoms with Crippen molar-refractivity contribution >= 4 is 28.1 Å². The van der Waals surface area contributed by atoms with Crippen molar-refractivity contribution in [3.05, 3.63) is 44.6 Å². The minimum Gasteiger partial charge on any atom is -0.337 e. The molecule has 2 aromatic rings. The molecule has 5 heteroatoms. The van der Waals surface area contributed by atoms with Gasteiger partial charge in [0.15, 0.2) is 4.77 Å². The molecule has 0 unspecified atom stereocenters. The van der Waals surface area contributed by atoms with Gasteiger partial charge >= 0.3 is 0 Å². The van der Waals surface area contributed by atoms with Crippen LogP contribution in [0.15, 0.2) is 22.8 Å². The first-order valence-corrected chi connectivity index (χ1v) is 6.88. The van der Waals surface area contributed by atoms with E-state index >= 15 is 0 Å². The van der Waals surface area contributed by atoms with Crippen LogP contribution in [0.1, 0.15) is 31.0 Å². The molecule has 2 nitrogen and oxygen atoms in total. The van der Waals surface area contributed by atoms with E-state index in [1.54, 1.807) is 6.07 Å². The summed E-state index contributed by atoms with van der Waals surface area (Å²) < 4.78 is 16.5. The Hall–Kier alpha value is -0.940. The molecule has 0 radical (unpaired) electrons. The quantitative estimate of drug-likeness (QED) is 0.780. The maximum atomic E-state index is 13.5. The monoisotopic (exact) mass is 328 g/mol. The summed E-state index contributed by atoms with van der Waals surface area (Å²) >= 11 is 8.53. The van der Waals surface area contributed by atoms with Crippen LogP contribution in [0, 0.1) is 17.5 Å². The van der Waals surface area contributed by atoms with Gasteiger partial charge in [-0.2, -0.15) is 0 Å². The van der Waals surface area contributed by atoms with Gasteiger partial charge in [0.2, 0.25) is 0 Å². The van der Waals surface area contributed by atoms with E-state index in [2.05, 4.69) is 34.8 Å². The zero-order valence-corrected chi connectivity index (χ0v) is 12.8. The fraction of sp³-hybridized carbons (Fsp3) is 0.308. The molecule has 0 aliphatic heterocycles. The first-order chi connectivity index (χ1) is 8.41. The number of rotatable bonds is 2. The molecule has 1 N–H and O–H groups in total. The van der Waals surface area contributed by atoms with E-state index in [0.29, 0.717) is 15.2 Å². The summed E-state index contributed by atoms with van der Waals surface area (Å²) in [4.78, 5) is 3.05. The zero-order chi connectivity index (χ0) is 13.4. The van der Waals surface area contributed by atoms with Crippen LogP contribution in [-0.2, 0) is 0 Å². The smallest absolute Gasteiger partial charge is 0.182 e. The van der Waals surface area contributed by atoms with E-state index in [0.717, 1.165) is 16.9 Å². The fourth-order valence-electron chi connectivity index (χ4n) is 1.93. The summed E-state index contributed by atoms with van der Waals surface area (Å²) in [6, 6.07) is 3.28. The van der Waals surface area contributed by atoms with Crippen molar-refractivity contribution in [1.29, 1.82) is 0 Å². The number of benzene rings is 1. The molecule has 0 spiro atoms. The third-order valence-electron chi connectivity index (χ3n) is 2.88. The second kappa shape index (κ2) is 4.97. The van der Waals surface area contributed by atoms with Crippen LogP contribution < -0.4 is 0 Å². The molecular formula is C13H14BrFN2S. The van der Waals surface area contributed by atoms with Gasteiger partial charge in [-0.25, -0.2) is 4.39 Å². The molecule has 1 aromatic carbocycles. The van der Waals surface area contributed by atoms with E-state index in [1.165, 1.54) is 6.07 Å². The summed E-state index contributed by atoms with van der Waals surface area (Å²) in [5.74, 6) is 0.0746. The Bertz CT molecular complexity index is 643. The van der Waals surface area contributed by atoms with E-state index < -0.39 is 0 Å². The Labute approximate surface area is 119 Å². The average molecular weight is 329 g/mol. The maximum absolute atomic E-state index is 13.5. The number of nitrogens with one attached hydrogen (secondary N) is 1. The summed E-state index contributed by atoms with van der Waals surface area (Å²) in [5, 5.41) is 0. The maximum Gasteiger partial charge on any atom is 0.182 e. The second-order valence-corrected chi connectivity index (χ2v) is 5.80. The Kier molecular flexibility index (Phi) is 3.73. The van der Waals surface area contributed by atoms with Crippen molar-refractivity contribution in [2.24, 2.45) is 0 Å². The largest absolute Gasteiger partial charge is 0.337 e. The number of aromatic amines is 1. The predicted octanol–water partition coefficient (Wildman–Crippen LogP) is 4.87. The minimum atomic E-state index is -0.260. The number of hydrogen-bond donors (Lipinski definition) is 1. The van der Waals surface area contributed by atoms with Crippen LogP contribution in [0.25, 0.3) is 5.69 Å². The fourth-order valence-corrected chi connectivity index (χ4v) is 2.53. The van der Waals surface area contributed by atoms with E-state index in [9.17, 15) is 4.39 Å². The lowest BCUT2D eigenvalue weighted by atomic mass is 10.1. The molecule has 0 bridgehead atoms. The zero-order valence-electron chi connectivity index (χ0n) is 10.4. The van der Waals surface area contributed by atoms with Crippen LogP contribution in [-0.4, -0.2) is 9.55 Å². The van der Waals surface area contributed by atoms with Crippen LogP contribution in [0.4, 0.5) is 4.39 Å². The number of imidazole rings is 1. The Morgan fingerprint density at radius 2 is 2.06 bits per heavy atom. The molecule has 0 aliphatic rings. The highest BCUT2D eigenvalue weighted by Gasteiger charge is 2.13. The van der Waals surface area contributed by atoms with Gasteiger partial charge in [0.1, 0.15) is 5.82 Å². The normalized spacial score (nSPS) is 11.2. The van der Waals surface area contributed by atoms with Crippen molar-refractivity contribution in [3.63, 3.8) is 0 Å². The van der Waals surface area contributed by atoms with Crippen LogP contribution in [0.3, 0.4) is 0 Å². The summed E-state index contributed by atoms with van der Waals surface area (Å²) in [6.07, 6.45) is 1.91. The van der Waals surface area contributed by atoms with Gasteiger partial charge in [-0.05, 0) is 58.7 Å². The SMILES string of the molecule is Cc1cc(F)c(Br)cc1-n1c(C(C)C)c[nH]c1=S. The lowest BCUT2D eigenvalue weighted by Gasteiger charge is -2.14. The number of nitrogens with zero attached hydrogens (tertiary/aromatic N) is 1. The molecule has 0 saturated carbocycles. The molecule has 0 atom stereocenters. The van der Waals surface area contributed by atoms with Gasteiger partial charge in [-0.1, -0.05) is 13.8 Å². The molecule has 0 aliphatic carbocycles. The van der Waals surface area contributed by atoms with Gasteiger partial charge in [-0.15, -0.1) is 0 Å². The highest BCUT2D eigenvalue weighted by molar-refractivity contribution is 9.10. The summed E-state index contributed by atoms with van der Waals surface area (Å²) in [5.41, 5.74) is 2.84. The number of hydrogen-bond acceptors (Lipinski definition) is 1. The van der Waals surface area contributed by atoms with Crippen LogP contribution in [0.5, 0.6) is 0 Å². The molecule has 0 amide bonds. The van der Waals surface area contributed by atoms with Crippen LogP contribution in [0.2, 0.25) is 0 Å². The lowest BCUT2D eigenvalue weighted by molar-refractivity contribution is 0.619. The molecule has 1 aromatic heterocycles. The number of halogens is 2. The molecule has 96 valence electrons. The van der Waals surface area contributed by atoms with Gasteiger partial charge in [0.25, 0.3) is 0 Å². The first kappa shape index (κ1) is 13.5. The molecule has 0 fully saturated rings. The topological polar surface area (TPSA) is 20.7 Å². The molecule has 1 heterocycles. The Morgan fingerprint density at radius 1 is 1.39 bits per heavy atom. The van der Waals surface area contributed by atoms with Crippen LogP contribution >= 0.6 is 28.1 Å². The molecule has 2 rings (SSSR count). The molecular weight excluding hydrogens is 315 g/mol. The molecule has 18 heavy (non-hydrogen) atoms. The first-order valence-electron chi connectivity index (χ1n) is 5.68. The summed E-state index contributed by atoms with van der Waals surface area (Å²) in [7, 11) is 0. The van der Waals surface area contributed by atoms with Crippen molar-refractivity contribution in [2.45, 2.75) is 26.7 Å². The third kappa shape index (κ3) is 2.29. The van der Waals surface area contributed by atoms with Gasteiger partial charge in [0, 0.05) is 11.9 Å². The second-order valence-electron chi connectivity index (χ2n) is 4.56.